The van der Waals surface area contributed by atoms with Gasteiger partial charge in [0.1, 0.15) is 12.4 Å². The average molecular weight is 379 g/mol. The van der Waals surface area contributed by atoms with Crippen molar-refractivity contribution >= 4 is 11.9 Å². The summed E-state index contributed by atoms with van der Waals surface area (Å²) in [5.74, 6) is 0.523. The molecule has 5 nitrogen and oxygen atoms in total. The van der Waals surface area contributed by atoms with E-state index in [1.807, 2.05) is 48.5 Å². The Kier molecular flexibility index (Phi) is 6.48. The summed E-state index contributed by atoms with van der Waals surface area (Å²) in [5.41, 5.74) is 4.45. The van der Waals surface area contributed by atoms with Gasteiger partial charge in [0.25, 0.3) is 0 Å². The lowest BCUT2D eigenvalue weighted by Crippen LogP contribution is -2.30. The Morgan fingerprint density at radius 1 is 0.964 bits per heavy atom. The number of ether oxygens (including phenoxy) is 2. The molecule has 1 aliphatic heterocycles. The predicted octanol–water partition coefficient (Wildman–Crippen LogP) is 3.36. The van der Waals surface area contributed by atoms with E-state index in [0.717, 1.165) is 41.7 Å². The topological polar surface area (TPSA) is 64.6 Å². The molecule has 2 aromatic rings. The molecule has 1 aliphatic rings. The molecule has 0 saturated carbocycles. The lowest BCUT2D eigenvalue weighted by Gasteiger charge is -2.16. The minimum Gasteiger partial charge on any atom is -0.497 e. The second kappa shape index (κ2) is 9.22. The fraction of sp³-hybridized carbons (Fsp3) is 0.304. The van der Waals surface area contributed by atoms with Crippen LogP contribution in [0.4, 0.5) is 0 Å². The van der Waals surface area contributed by atoms with E-state index in [9.17, 15) is 9.59 Å². The van der Waals surface area contributed by atoms with Gasteiger partial charge < -0.3 is 14.8 Å². The number of carbonyl (C=O) groups is 2. The van der Waals surface area contributed by atoms with Gasteiger partial charge in [-0.25, -0.2) is 0 Å². The average Bonchev–Trinajstić information content (AvgIpc) is 3.05. The Morgan fingerprint density at radius 3 is 2.25 bits per heavy atom. The Hall–Kier alpha value is -3.08. The van der Waals surface area contributed by atoms with E-state index in [0.29, 0.717) is 6.61 Å². The van der Waals surface area contributed by atoms with Gasteiger partial charge in [0, 0.05) is 13.0 Å². The zero-order valence-electron chi connectivity index (χ0n) is 16.2. The van der Waals surface area contributed by atoms with Crippen LogP contribution in [-0.4, -0.2) is 25.0 Å². The first-order valence-electron chi connectivity index (χ1n) is 9.38. The third-order valence-corrected chi connectivity index (χ3v) is 4.85. The smallest absolute Gasteiger partial charge is 0.302 e. The zero-order valence-corrected chi connectivity index (χ0v) is 16.2. The van der Waals surface area contributed by atoms with E-state index in [-0.39, 0.29) is 17.9 Å². The van der Waals surface area contributed by atoms with Crippen LogP contribution in [0.5, 0.6) is 5.75 Å². The van der Waals surface area contributed by atoms with Crippen LogP contribution in [0, 0.1) is 0 Å². The van der Waals surface area contributed by atoms with Gasteiger partial charge in [0.15, 0.2) is 0 Å². The fourth-order valence-corrected chi connectivity index (χ4v) is 3.28. The van der Waals surface area contributed by atoms with Crippen molar-refractivity contribution < 1.29 is 19.1 Å². The number of esters is 1. The first kappa shape index (κ1) is 19.7. The summed E-state index contributed by atoms with van der Waals surface area (Å²) in [7, 11) is 1.65. The third kappa shape index (κ3) is 5.46. The molecule has 0 saturated heterocycles. The van der Waals surface area contributed by atoms with Crippen LogP contribution < -0.4 is 10.1 Å². The van der Waals surface area contributed by atoms with Crippen LogP contribution in [0.1, 0.15) is 30.0 Å². The molecule has 0 fully saturated rings. The molecule has 0 radical (unpaired) electrons. The fourth-order valence-electron chi connectivity index (χ4n) is 3.28. The van der Waals surface area contributed by atoms with Crippen molar-refractivity contribution in [1.29, 1.82) is 0 Å². The Labute approximate surface area is 165 Å². The summed E-state index contributed by atoms with van der Waals surface area (Å²) in [5, 5.41) is 3.04. The first-order valence-corrected chi connectivity index (χ1v) is 9.38. The van der Waals surface area contributed by atoms with Gasteiger partial charge in [-0.05, 0) is 53.7 Å². The summed E-state index contributed by atoms with van der Waals surface area (Å²) >= 11 is 0. The second-order valence-electron chi connectivity index (χ2n) is 6.93. The van der Waals surface area contributed by atoms with Gasteiger partial charge in [0.2, 0.25) is 5.91 Å². The first-order chi connectivity index (χ1) is 13.5. The molecule has 1 atom stereocenters. The largest absolute Gasteiger partial charge is 0.497 e. The number of hydrogen-bond acceptors (Lipinski definition) is 4. The molecule has 0 bridgehead atoms. The van der Waals surface area contributed by atoms with E-state index in [1.165, 1.54) is 12.5 Å². The predicted molar refractivity (Wildman–Crippen MR) is 107 cm³/mol. The molecule has 0 aliphatic carbocycles. The van der Waals surface area contributed by atoms with Gasteiger partial charge in [-0.2, -0.15) is 0 Å². The van der Waals surface area contributed by atoms with Crippen molar-refractivity contribution in [3.8, 4) is 5.75 Å². The van der Waals surface area contributed by atoms with E-state index in [4.69, 9.17) is 9.47 Å². The number of carbonyl (C=O) groups excluding carboxylic acids is 2. The van der Waals surface area contributed by atoms with Gasteiger partial charge in [-0.1, -0.05) is 36.4 Å². The molecule has 0 unspecified atom stereocenters. The summed E-state index contributed by atoms with van der Waals surface area (Å²) in [4.78, 5) is 22.8. The monoisotopic (exact) mass is 379 g/mol. The highest BCUT2D eigenvalue weighted by Gasteiger charge is 2.23. The van der Waals surface area contributed by atoms with E-state index < -0.39 is 0 Å². The number of aryl methyl sites for hydroxylation is 1. The summed E-state index contributed by atoms with van der Waals surface area (Å²) in [6, 6.07) is 16.0. The van der Waals surface area contributed by atoms with Crippen molar-refractivity contribution in [3.63, 3.8) is 0 Å². The molecule has 28 heavy (non-hydrogen) atoms. The zero-order chi connectivity index (χ0) is 19.9. The van der Waals surface area contributed by atoms with E-state index >= 15 is 0 Å². The van der Waals surface area contributed by atoms with E-state index in [2.05, 4.69) is 5.32 Å². The number of rotatable bonds is 8. The van der Waals surface area contributed by atoms with Crippen molar-refractivity contribution in [2.24, 2.45) is 0 Å². The van der Waals surface area contributed by atoms with Gasteiger partial charge in [-0.15, -0.1) is 0 Å². The highest BCUT2D eigenvalue weighted by Crippen LogP contribution is 2.22. The van der Waals surface area contributed by atoms with Gasteiger partial charge >= 0.3 is 5.97 Å². The second-order valence-corrected chi connectivity index (χ2v) is 6.93. The number of nitrogens with one attached hydrogen (secondary N) is 1. The van der Waals surface area contributed by atoms with Crippen LogP contribution in [0.3, 0.4) is 0 Å². The van der Waals surface area contributed by atoms with Crippen molar-refractivity contribution in [2.75, 3.05) is 7.11 Å². The van der Waals surface area contributed by atoms with E-state index in [1.54, 1.807) is 13.2 Å². The molecular weight excluding hydrogens is 354 g/mol. The maximum atomic E-state index is 11.9. The number of benzene rings is 2. The van der Waals surface area contributed by atoms with Crippen molar-refractivity contribution in [3.05, 3.63) is 76.9 Å². The molecule has 1 heterocycles. The molecule has 146 valence electrons. The van der Waals surface area contributed by atoms with Crippen LogP contribution in [0.2, 0.25) is 0 Å². The van der Waals surface area contributed by atoms with Crippen LogP contribution in [0.15, 0.2) is 60.2 Å². The molecule has 3 rings (SSSR count). The molecule has 5 heteroatoms. The van der Waals surface area contributed by atoms with Crippen LogP contribution >= 0.6 is 0 Å². The Bertz CT molecular complexity index is 853. The molecule has 2 aromatic carbocycles. The summed E-state index contributed by atoms with van der Waals surface area (Å²) in [6.07, 6.45) is 4.17. The maximum absolute atomic E-state index is 11.9. The SMILES string of the molecule is COc1ccc(C[C@@H]2NC(=O)C=C2CCc2ccc(COC(C)=O)cc2)cc1. The minimum absolute atomic E-state index is 0.0229. The molecule has 1 N–H and O–H groups in total. The Morgan fingerprint density at radius 2 is 1.61 bits per heavy atom. The maximum Gasteiger partial charge on any atom is 0.302 e. The normalized spacial score (nSPS) is 15.7. The highest BCUT2D eigenvalue weighted by molar-refractivity contribution is 5.91. The van der Waals surface area contributed by atoms with Gasteiger partial charge in [0.05, 0.1) is 13.2 Å². The van der Waals surface area contributed by atoms with Gasteiger partial charge in [-0.3, -0.25) is 9.59 Å². The molecule has 0 spiro atoms. The van der Waals surface area contributed by atoms with Crippen LogP contribution in [-0.2, 0) is 33.8 Å². The standard InChI is InChI=1S/C23H25NO4/c1-16(25)28-15-19-5-3-17(4-6-19)7-10-20-14-23(26)24-22(20)13-18-8-11-21(27-2)12-9-18/h3-6,8-9,11-12,14,22H,7,10,13,15H2,1-2H3,(H,24,26)/t22-/m0/s1. The highest BCUT2D eigenvalue weighted by atomic mass is 16.5. The lowest BCUT2D eigenvalue weighted by atomic mass is 9.95. The molecule has 1 amide bonds. The van der Waals surface area contributed by atoms with Crippen LogP contribution in [0.25, 0.3) is 0 Å². The van der Waals surface area contributed by atoms with Crippen molar-refractivity contribution in [1.82, 2.24) is 5.32 Å². The number of hydrogen-bond donors (Lipinski definition) is 1. The number of amides is 1. The molecular formula is C23H25NO4. The van der Waals surface area contributed by atoms with Crippen molar-refractivity contribution in [2.45, 2.75) is 38.8 Å². The summed E-state index contributed by atoms with van der Waals surface area (Å²) in [6.45, 7) is 1.70. The Balaban J connectivity index is 1.56. The minimum atomic E-state index is -0.280. The number of methoxy groups -OCH3 is 1. The molecule has 0 aromatic heterocycles. The lowest BCUT2D eigenvalue weighted by molar-refractivity contribution is -0.142. The summed E-state index contributed by atoms with van der Waals surface area (Å²) < 4.78 is 10.2. The quantitative estimate of drug-likeness (QED) is 0.715. The third-order valence-electron chi connectivity index (χ3n) is 4.85.